The number of carbonyl (C=O) groups excluding carboxylic acids is 1. The number of hydrogen-bond donors (Lipinski definition) is 0. The van der Waals surface area contributed by atoms with Gasteiger partial charge < -0.3 is 14.4 Å². The quantitative estimate of drug-likeness (QED) is 0.665. The Morgan fingerprint density at radius 3 is 2.47 bits per heavy atom. The molecular formula is C25H27N3O5S. The summed E-state index contributed by atoms with van der Waals surface area (Å²) in [5.74, 6) is 1.33. The highest BCUT2D eigenvalue weighted by Gasteiger charge is 2.38. The number of sulfonamides is 1. The number of fused-ring (bicyclic) bond motifs is 1. The number of piperidine rings is 1. The van der Waals surface area contributed by atoms with Crippen molar-refractivity contribution >= 4 is 15.9 Å². The Morgan fingerprint density at radius 2 is 1.71 bits per heavy atom. The summed E-state index contributed by atoms with van der Waals surface area (Å²) in [5, 5.41) is 9.30. The Balaban J connectivity index is 1.27. The molecule has 0 aromatic heterocycles. The normalized spacial score (nSPS) is 21.3. The summed E-state index contributed by atoms with van der Waals surface area (Å²) in [7, 11) is -3.78. The van der Waals surface area contributed by atoms with Crippen LogP contribution in [0.1, 0.15) is 42.9 Å². The maximum atomic E-state index is 13.5. The van der Waals surface area contributed by atoms with Crippen LogP contribution < -0.4 is 9.47 Å². The van der Waals surface area contributed by atoms with Crippen LogP contribution in [0.2, 0.25) is 0 Å². The predicted molar refractivity (Wildman–Crippen MR) is 124 cm³/mol. The molecule has 8 nitrogen and oxygen atoms in total. The summed E-state index contributed by atoms with van der Waals surface area (Å²) in [5.41, 5.74) is 1.18. The zero-order valence-corrected chi connectivity index (χ0v) is 19.7. The molecule has 178 valence electrons. The fourth-order valence-electron chi connectivity index (χ4n) is 5.14. The summed E-state index contributed by atoms with van der Waals surface area (Å²) >= 11 is 0. The van der Waals surface area contributed by atoms with Crippen LogP contribution >= 0.6 is 0 Å². The smallest absolute Gasteiger partial charge is 0.244 e. The van der Waals surface area contributed by atoms with Crippen molar-refractivity contribution in [1.29, 1.82) is 5.26 Å². The first-order valence-corrected chi connectivity index (χ1v) is 13.1. The molecule has 1 amide bonds. The van der Waals surface area contributed by atoms with Crippen molar-refractivity contribution in [2.24, 2.45) is 5.92 Å². The van der Waals surface area contributed by atoms with Gasteiger partial charge in [0.05, 0.1) is 16.5 Å². The van der Waals surface area contributed by atoms with Gasteiger partial charge in [-0.15, -0.1) is 0 Å². The van der Waals surface area contributed by atoms with Gasteiger partial charge in [-0.05, 0) is 55.5 Å². The average Bonchev–Trinajstić information content (AvgIpc) is 3.38. The molecule has 1 atom stereocenters. The number of nitriles is 1. The minimum absolute atomic E-state index is 0.00686. The molecule has 2 aromatic carbocycles. The van der Waals surface area contributed by atoms with Gasteiger partial charge in [0.15, 0.2) is 11.5 Å². The second-order valence-electron chi connectivity index (χ2n) is 8.88. The first-order valence-electron chi connectivity index (χ1n) is 11.7. The number of hydrogen-bond acceptors (Lipinski definition) is 6. The molecule has 0 N–H and O–H groups in total. The molecule has 2 saturated heterocycles. The number of carbonyl (C=O) groups is 1. The molecule has 3 aliphatic heterocycles. The highest BCUT2D eigenvalue weighted by Crippen LogP contribution is 2.39. The number of amides is 1. The summed E-state index contributed by atoms with van der Waals surface area (Å²) in [6, 6.07) is 14.1. The lowest BCUT2D eigenvalue weighted by Crippen LogP contribution is -2.44. The molecule has 2 fully saturated rings. The minimum atomic E-state index is -3.78. The van der Waals surface area contributed by atoms with E-state index >= 15 is 0 Å². The maximum Gasteiger partial charge on any atom is 0.244 e. The molecule has 0 aliphatic carbocycles. The fourth-order valence-corrected chi connectivity index (χ4v) is 6.76. The maximum absolute atomic E-state index is 13.5. The van der Waals surface area contributed by atoms with Crippen molar-refractivity contribution in [1.82, 2.24) is 9.21 Å². The Hall–Kier alpha value is -3.09. The van der Waals surface area contributed by atoms with E-state index in [2.05, 4.69) is 0 Å². The van der Waals surface area contributed by atoms with Crippen molar-refractivity contribution in [3.63, 3.8) is 0 Å². The lowest BCUT2D eigenvalue weighted by Gasteiger charge is -2.34. The van der Waals surface area contributed by atoms with E-state index in [4.69, 9.17) is 9.47 Å². The van der Waals surface area contributed by atoms with Gasteiger partial charge in [-0.3, -0.25) is 4.79 Å². The van der Waals surface area contributed by atoms with Crippen molar-refractivity contribution in [3.05, 3.63) is 53.6 Å². The van der Waals surface area contributed by atoms with Gasteiger partial charge in [-0.25, -0.2) is 8.42 Å². The summed E-state index contributed by atoms with van der Waals surface area (Å²) < 4.78 is 39.0. The number of nitrogens with zero attached hydrogens (tertiary/aromatic N) is 3. The summed E-state index contributed by atoms with van der Waals surface area (Å²) in [6.45, 7) is 2.29. The number of likely N-dealkylation sites (tertiary alicyclic amines) is 1. The molecule has 0 bridgehead atoms. The van der Waals surface area contributed by atoms with Crippen LogP contribution in [0.3, 0.4) is 0 Å². The van der Waals surface area contributed by atoms with Gasteiger partial charge in [0.1, 0.15) is 19.3 Å². The summed E-state index contributed by atoms with van der Waals surface area (Å²) in [6.07, 6.45) is 2.76. The predicted octanol–water partition coefficient (Wildman–Crippen LogP) is 3.09. The number of rotatable bonds is 4. The van der Waals surface area contributed by atoms with E-state index in [9.17, 15) is 18.5 Å². The molecule has 0 unspecified atom stereocenters. The largest absolute Gasteiger partial charge is 0.486 e. The third kappa shape index (κ3) is 4.12. The highest BCUT2D eigenvalue weighted by molar-refractivity contribution is 7.89. The second-order valence-corrected chi connectivity index (χ2v) is 10.8. The molecule has 2 aromatic rings. The van der Waals surface area contributed by atoms with E-state index in [1.807, 2.05) is 29.2 Å². The van der Waals surface area contributed by atoms with Gasteiger partial charge in [0, 0.05) is 25.6 Å². The van der Waals surface area contributed by atoms with Crippen molar-refractivity contribution in [3.8, 4) is 17.6 Å². The molecule has 3 aliphatic rings. The minimum Gasteiger partial charge on any atom is -0.486 e. The van der Waals surface area contributed by atoms with Gasteiger partial charge in [0.25, 0.3) is 0 Å². The standard InChI is InChI=1S/C25H27N3O5S/c26-17-20-4-1-2-6-24(20)34(30,31)27-12-9-18(10-13-27)25(29)28-11-3-5-21(28)19-7-8-22-23(16-19)33-15-14-32-22/h1-2,4,6-8,16,18,21H,3,5,9-15H2/t21-/m0/s1. The monoisotopic (exact) mass is 481 g/mol. The molecule has 3 heterocycles. The molecule has 34 heavy (non-hydrogen) atoms. The van der Waals surface area contributed by atoms with Crippen LogP contribution in [0.4, 0.5) is 0 Å². The van der Waals surface area contributed by atoms with E-state index in [1.54, 1.807) is 12.1 Å². The molecule has 0 spiro atoms. The van der Waals surface area contributed by atoms with Gasteiger partial charge in [-0.1, -0.05) is 18.2 Å². The summed E-state index contributed by atoms with van der Waals surface area (Å²) in [4.78, 5) is 15.4. The topological polar surface area (TPSA) is 99.9 Å². The van der Waals surface area contributed by atoms with Crippen molar-refractivity contribution in [2.75, 3.05) is 32.8 Å². The second kappa shape index (κ2) is 9.28. The van der Waals surface area contributed by atoms with E-state index in [1.165, 1.54) is 16.4 Å². The van der Waals surface area contributed by atoms with Crippen LogP contribution in [0, 0.1) is 17.2 Å². The van der Waals surface area contributed by atoms with E-state index in [0.717, 1.165) is 29.9 Å². The Labute approximate surface area is 199 Å². The van der Waals surface area contributed by atoms with Crippen LogP contribution in [-0.2, 0) is 14.8 Å². The lowest BCUT2D eigenvalue weighted by atomic mass is 9.95. The van der Waals surface area contributed by atoms with Gasteiger partial charge >= 0.3 is 0 Å². The highest BCUT2D eigenvalue weighted by atomic mass is 32.2. The van der Waals surface area contributed by atoms with Crippen LogP contribution in [0.15, 0.2) is 47.4 Å². The first kappa shape index (κ1) is 22.7. The zero-order chi connectivity index (χ0) is 23.7. The van der Waals surface area contributed by atoms with Crippen LogP contribution in [-0.4, -0.2) is 56.4 Å². The van der Waals surface area contributed by atoms with E-state index < -0.39 is 10.0 Å². The molecule has 9 heteroatoms. The van der Waals surface area contributed by atoms with Crippen LogP contribution in [0.5, 0.6) is 11.5 Å². The Bertz CT molecular complexity index is 1230. The molecule has 5 rings (SSSR count). The first-order chi connectivity index (χ1) is 16.5. The Morgan fingerprint density at radius 1 is 0.971 bits per heavy atom. The third-order valence-electron chi connectivity index (χ3n) is 6.92. The number of benzene rings is 2. The van der Waals surface area contributed by atoms with Gasteiger partial charge in [0.2, 0.25) is 15.9 Å². The zero-order valence-electron chi connectivity index (χ0n) is 18.9. The third-order valence-corrected chi connectivity index (χ3v) is 8.87. The lowest BCUT2D eigenvalue weighted by molar-refractivity contribution is -0.137. The molecule has 0 radical (unpaired) electrons. The molecular weight excluding hydrogens is 454 g/mol. The fraction of sp³-hybridized carbons (Fsp3) is 0.440. The molecule has 0 saturated carbocycles. The van der Waals surface area contributed by atoms with Crippen molar-refractivity contribution < 1.29 is 22.7 Å². The van der Waals surface area contributed by atoms with Gasteiger partial charge in [-0.2, -0.15) is 9.57 Å². The van der Waals surface area contributed by atoms with E-state index in [-0.39, 0.29) is 41.4 Å². The average molecular weight is 482 g/mol. The Kier molecular flexibility index (Phi) is 6.19. The number of ether oxygens (including phenoxy) is 2. The van der Waals surface area contributed by atoms with Crippen LogP contribution in [0.25, 0.3) is 0 Å². The SMILES string of the molecule is N#Cc1ccccc1S(=O)(=O)N1CCC(C(=O)N2CCC[C@H]2c2ccc3c(c2)OCCO3)CC1. The van der Waals surface area contributed by atoms with E-state index in [0.29, 0.717) is 32.6 Å². The van der Waals surface area contributed by atoms with Crippen molar-refractivity contribution in [2.45, 2.75) is 36.6 Å².